The fourth-order valence-electron chi connectivity index (χ4n) is 1.78. The van der Waals surface area contributed by atoms with Crippen molar-refractivity contribution in [1.82, 2.24) is 0 Å². The molecular weight excluding hydrogens is 302 g/mol. The van der Waals surface area contributed by atoms with E-state index in [1.165, 1.54) is 11.8 Å². The van der Waals surface area contributed by atoms with E-state index in [0.717, 1.165) is 34.3 Å². The Hall–Kier alpha value is -1.20. The number of para-hydroxylation sites is 1. The van der Waals surface area contributed by atoms with Crippen molar-refractivity contribution in [2.24, 2.45) is 4.99 Å². The first-order valence-electron chi connectivity index (χ1n) is 7.11. The van der Waals surface area contributed by atoms with E-state index in [4.69, 9.17) is 4.74 Å². The zero-order chi connectivity index (χ0) is 15.1. The van der Waals surface area contributed by atoms with Crippen molar-refractivity contribution in [2.75, 3.05) is 12.4 Å². The van der Waals surface area contributed by atoms with Crippen molar-refractivity contribution in [3.63, 3.8) is 0 Å². The lowest BCUT2D eigenvalue weighted by Crippen LogP contribution is -1.98. The zero-order valence-electron chi connectivity index (χ0n) is 12.3. The van der Waals surface area contributed by atoms with E-state index in [9.17, 15) is 4.79 Å². The molecule has 0 saturated heterocycles. The normalized spacial score (nSPS) is 16.4. The summed E-state index contributed by atoms with van der Waals surface area (Å²) in [6.07, 6.45) is 3.94. The smallest absolute Gasteiger partial charge is 0.244 e. The van der Waals surface area contributed by atoms with E-state index in [2.05, 4.69) is 18.8 Å². The number of carbonyl (C=O) groups excluding carboxylic acids is 1. The van der Waals surface area contributed by atoms with Crippen molar-refractivity contribution in [2.45, 2.75) is 26.7 Å². The molecule has 21 heavy (non-hydrogen) atoms. The zero-order valence-corrected chi connectivity index (χ0v) is 13.9. The molecule has 0 fully saturated rings. The summed E-state index contributed by atoms with van der Waals surface area (Å²) in [5, 5.41) is 0.00862. The molecule has 1 aliphatic rings. The summed E-state index contributed by atoms with van der Waals surface area (Å²) in [6, 6.07) is 7.76. The summed E-state index contributed by atoms with van der Waals surface area (Å²) in [5.74, 6) is 1.73. The third-order valence-electron chi connectivity index (χ3n) is 2.84. The Kier molecular flexibility index (Phi) is 6.39. The molecule has 0 saturated carbocycles. The first-order chi connectivity index (χ1) is 10.2. The Morgan fingerprint density at radius 3 is 2.90 bits per heavy atom. The molecule has 0 unspecified atom stereocenters. The van der Waals surface area contributed by atoms with Gasteiger partial charge in [0.1, 0.15) is 15.8 Å². The minimum atomic E-state index is 0.00862. The molecule has 0 aliphatic carbocycles. The minimum Gasteiger partial charge on any atom is -0.493 e. The van der Waals surface area contributed by atoms with Crippen molar-refractivity contribution >= 4 is 39.1 Å². The maximum atomic E-state index is 12.0. The Balaban J connectivity index is 2.18. The Morgan fingerprint density at radius 1 is 1.33 bits per heavy atom. The Bertz CT molecular complexity index is 567. The largest absolute Gasteiger partial charge is 0.493 e. The molecule has 0 amide bonds. The van der Waals surface area contributed by atoms with Gasteiger partial charge in [0.05, 0.1) is 6.61 Å². The summed E-state index contributed by atoms with van der Waals surface area (Å²) in [7, 11) is 0. The fourth-order valence-corrected chi connectivity index (χ4v) is 3.52. The number of ether oxygens (including phenoxy) is 1. The van der Waals surface area contributed by atoms with Gasteiger partial charge in [-0.1, -0.05) is 50.2 Å². The summed E-state index contributed by atoms with van der Waals surface area (Å²) in [4.78, 5) is 16.4. The van der Waals surface area contributed by atoms with Gasteiger partial charge in [0, 0.05) is 5.56 Å². The number of hydrogen-bond donors (Lipinski definition) is 0. The van der Waals surface area contributed by atoms with Gasteiger partial charge >= 0.3 is 0 Å². The molecular formula is C16H19NO2S2. The minimum absolute atomic E-state index is 0.00862. The van der Waals surface area contributed by atoms with Crippen LogP contribution in [0.5, 0.6) is 5.75 Å². The molecule has 0 aromatic heterocycles. The van der Waals surface area contributed by atoms with Crippen LogP contribution in [0, 0.1) is 0 Å². The maximum Gasteiger partial charge on any atom is 0.244 e. The van der Waals surface area contributed by atoms with E-state index in [-0.39, 0.29) is 5.12 Å². The second kappa shape index (κ2) is 8.29. The molecule has 3 nitrogen and oxygen atoms in total. The molecule has 1 heterocycles. The molecule has 0 radical (unpaired) electrons. The van der Waals surface area contributed by atoms with Gasteiger partial charge in [-0.2, -0.15) is 0 Å². The lowest BCUT2D eigenvalue weighted by atomic mass is 10.1. The number of rotatable bonds is 6. The topological polar surface area (TPSA) is 38.7 Å². The van der Waals surface area contributed by atoms with Crippen molar-refractivity contribution in [3.05, 3.63) is 35.5 Å². The molecule has 1 aromatic carbocycles. The van der Waals surface area contributed by atoms with E-state index in [0.29, 0.717) is 12.3 Å². The predicted molar refractivity (Wildman–Crippen MR) is 93.0 cm³/mol. The average Bonchev–Trinajstić information content (AvgIpc) is 2.81. The van der Waals surface area contributed by atoms with Crippen LogP contribution in [0.1, 0.15) is 32.3 Å². The standard InChI is InChI=1S/C16H19NO2S2/c1-3-5-10-19-14-9-7-6-8-12(14)11-13-15(18)21-16(17-13)20-4-2/h6-9,11H,3-5,10H2,1-2H3/b13-11+. The molecule has 5 heteroatoms. The Morgan fingerprint density at radius 2 is 2.14 bits per heavy atom. The second-order valence-electron chi connectivity index (χ2n) is 4.47. The Labute approximate surface area is 134 Å². The van der Waals surface area contributed by atoms with E-state index >= 15 is 0 Å². The fraction of sp³-hybridized carbons (Fsp3) is 0.375. The van der Waals surface area contributed by atoms with Crippen LogP contribution in [0.15, 0.2) is 35.0 Å². The number of hydrogen-bond acceptors (Lipinski definition) is 5. The molecule has 0 bridgehead atoms. The van der Waals surface area contributed by atoms with Crippen LogP contribution < -0.4 is 4.74 Å². The van der Waals surface area contributed by atoms with Crippen LogP contribution in [-0.4, -0.2) is 21.9 Å². The molecule has 0 atom stereocenters. The first-order valence-corrected chi connectivity index (χ1v) is 8.92. The number of benzene rings is 1. The van der Waals surface area contributed by atoms with Crippen LogP contribution in [0.4, 0.5) is 0 Å². The van der Waals surface area contributed by atoms with Gasteiger partial charge < -0.3 is 4.74 Å². The number of carbonyl (C=O) groups is 1. The molecule has 1 aliphatic heterocycles. The first kappa shape index (κ1) is 16.2. The number of unbranched alkanes of at least 4 members (excludes halogenated alkanes) is 1. The SMILES string of the molecule is CCCCOc1ccccc1/C=C1/N=C(SCC)SC1=O. The molecule has 0 spiro atoms. The maximum absolute atomic E-state index is 12.0. The van der Waals surface area contributed by atoms with Gasteiger partial charge in [0.25, 0.3) is 0 Å². The summed E-state index contributed by atoms with van der Waals surface area (Å²) >= 11 is 2.81. The average molecular weight is 321 g/mol. The van der Waals surface area contributed by atoms with Crippen LogP contribution in [0.3, 0.4) is 0 Å². The van der Waals surface area contributed by atoms with Crippen molar-refractivity contribution in [1.29, 1.82) is 0 Å². The van der Waals surface area contributed by atoms with Crippen molar-refractivity contribution < 1.29 is 9.53 Å². The van der Waals surface area contributed by atoms with Gasteiger partial charge in [-0.15, -0.1) is 0 Å². The second-order valence-corrected chi connectivity index (χ2v) is 6.94. The van der Waals surface area contributed by atoms with Crippen LogP contribution in [-0.2, 0) is 4.79 Å². The monoisotopic (exact) mass is 321 g/mol. The molecule has 1 aromatic rings. The van der Waals surface area contributed by atoms with Gasteiger partial charge in [0.15, 0.2) is 0 Å². The van der Waals surface area contributed by atoms with Crippen molar-refractivity contribution in [3.8, 4) is 5.75 Å². The van der Waals surface area contributed by atoms with Crippen LogP contribution >= 0.6 is 23.5 Å². The molecule has 0 N–H and O–H groups in total. The number of nitrogens with zero attached hydrogens (tertiary/aromatic N) is 1. The third-order valence-corrected chi connectivity index (χ3v) is 4.73. The quantitative estimate of drug-likeness (QED) is 0.567. The summed E-state index contributed by atoms with van der Waals surface area (Å²) < 4.78 is 6.61. The third kappa shape index (κ3) is 4.64. The van der Waals surface area contributed by atoms with Gasteiger partial charge in [-0.25, -0.2) is 4.99 Å². The predicted octanol–water partition coefficient (Wildman–Crippen LogP) is 4.59. The summed E-state index contributed by atoms with van der Waals surface area (Å²) in [6.45, 7) is 4.88. The van der Waals surface area contributed by atoms with E-state index in [1.807, 2.05) is 30.3 Å². The van der Waals surface area contributed by atoms with E-state index in [1.54, 1.807) is 11.8 Å². The van der Waals surface area contributed by atoms with Gasteiger partial charge in [-0.05, 0) is 36.1 Å². The number of thioether (sulfide) groups is 2. The highest BCUT2D eigenvalue weighted by Gasteiger charge is 2.22. The molecule has 2 rings (SSSR count). The highest BCUT2D eigenvalue weighted by atomic mass is 32.2. The lowest BCUT2D eigenvalue weighted by molar-refractivity contribution is -0.107. The highest BCUT2D eigenvalue weighted by Crippen LogP contribution is 2.32. The van der Waals surface area contributed by atoms with Gasteiger partial charge in [0.2, 0.25) is 5.12 Å². The number of aliphatic imine (C=N–C) groups is 1. The van der Waals surface area contributed by atoms with Gasteiger partial charge in [-0.3, -0.25) is 4.79 Å². The van der Waals surface area contributed by atoms with Crippen LogP contribution in [0.2, 0.25) is 0 Å². The lowest BCUT2D eigenvalue weighted by Gasteiger charge is -2.08. The highest BCUT2D eigenvalue weighted by molar-refractivity contribution is 8.45. The molecule has 112 valence electrons. The van der Waals surface area contributed by atoms with E-state index < -0.39 is 0 Å². The van der Waals surface area contributed by atoms with Crippen LogP contribution in [0.25, 0.3) is 6.08 Å². The summed E-state index contributed by atoms with van der Waals surface area (Å²) in [5.41, 5.74) is 1.41.